The van der Waals surface area contributed by atoms with E-state index in [4.69, 9.17) is 0 Å². The molecule has 1 aliphatic rings. The van der Waals surface area contributed by atoms with E-state index in [9.17, 15) is 8.22 Å². The fourth-order valence-electron chi connectivity index (χ4n) is 0.0630. The van der Waals surface area contributed by atoms with Crippen molar-refractivity contribution in [2.75, 3.05) is 0 Å². The molecule has 0 nitrogen and oxygen atoms in total. The lowest BCUT2D eigenvalue weighted by Gasteiger charge is -1.72. The zero-order chi connectivity index (χ0) is 3.91. The van der Waals surface area contributed by atoms with Crippen LogP contribution < -0.4 is 0 Å². The molecular weight excluding hydrogens is 90.1 g/mol. The van der Waals surface area contributed by atoms with E-state index in [1.165, 1.54) is 0 Å². The van der Waals surface area contributed by atoms with Crippen LogP contribution in [-0.4, -0.2) is 8.74 Å². The smallest absolute Gasteiger partial charge is 0.261 e. The Balaban J connectivity index is 2.47. The third-order valence-electron chi connectivity index (χ3n) is 0.419. The fraction of sp³-hybridized carbons (Fsp3) is 0. The van der Waals surface area contributed by atoms with Gasteiger partial charge in [-0.15, -0.1) is 0 Å². The van der Waals surface area contributed by atoms with Crippen molar-refractivity contribution in [3.8, 4) is 0 Å². The lowest BCUT2D eigenvalue weighted by Crippen LogP contribution is -1.94. The van der Waals surface area contributed by atoms with E-state index >= 15 is 0 Å². The van der Waals surface area contributed by atoms with Crippen molar-refractivity contribution >= 4 is 8.74 Å². The second-order valence-electron chi connectivity index (χ2n) is 1.01. The molecule has 0 aliphatic carbocycles. The predicted molar refractivity (Wildman–Crippen MR) is 17.1 cm³/mol. The molecule has 0 aromatic carbocycles. The summed E-state index contributed by atoms with van der Waals surface area (Å²) >= 11 is 0. The molecule has 5 heavy (non-hydrogen) atoms. The number of hydrogen-bond donors (Lipinski definition) is 0. The largest absolute Gasteiger partial charge is 0.472 e. The summed E-state index contributed by atoms with van der Waals surface area (Å²) < 4.78 is 22.3. The van der Waals surface area contributed by atoms with Gasteiger partial charge in [-0.3, -0.25) is 8.22 Å². The summed E-state index contributed by atoms with van der Waals surface area (Å²) in [6.07, 6.45) is 0. The van der Waals surface area contributed by atoms with Gasteiger partial charge in [0.05, 0.1) is 0 Å². The average molecular weight is 92.1 g/mol. The molecule has 0 N–H and O–H groups in total. The summed E-state index contributed by atoms with van der Waals surface area (Å²) in [7, 11) is -3.61. The maximum absolute atomic E-state index is 11.2. The van der Waals surface area contributed by atoms with Gasteiger partial charge < -0.3 is 0 Å². The molecule has 0 saturated carbocycles. The van der Waals surface area contributed by atoms with E-state index < -0.39 is 8.74 Å². The van der Waals surface area contributed by atoms with Gasteiger partial charge in [0.15, 0.2) is 0 Å². The number of halogens is 2. The van der Waals surface area contributed by atoms with Crippen LogP contribution in [0.4, 0.5) is 8.22 Å². The summed E-state index contributed by atoms with van der Waals surface area (Å²) in [6.45, 7) is 0. The summed E-state index contributed by atoms with van der Waals surface area (Å²) in [5, 5.41) is 0. The number of rotatable bonds is 0. The van der Waals surface area contributed by atoms with Gasteiger partial charge in [-0.25, -0.2) is 0 Å². The Labute approximate surface area is 29.5 Å². The molecule has 0 amide bonds. The molecule has 1 heterocycles. The number of hydrogen-bond acceptors (Lipinski definition) is 0. The third-order valence-corrected chi connectivity index (χ3v) is 1.26. The van der Waals surface area contributed by atoms with Crippen LogP contribution in [0.15, 0.2) is 11.4 Å². The molecular formula is C2H2F2Si. The minimum atomic E-state index is -3.61. The van der Waals surface area contributed by atoms with E-state index in [0.29, 0.717) is 0 Å². The van der Waals surface area contributed by atoms with Crippen molar-refractivity contribution in [1.82, 2.24) is 0 Å². The third kappa shape index (κ3) is 0.543. The van der Waals surface area contributed by atoms with Crippen molar-refractivity contribution in [2.45, 2.75) is 0 Å². The second-order valence-corrected chi connectivity index (χ2v) is 3.02. The van der Waals surface area contributed by atoms with Crippen LogP contribution in [0.2, 0.25) is 0 Å². The van der Waals surface area contributed by atoms with Gasteiger partial charge in [-0.2, -0.15) is 0 Å². The molecule has 0 aromatic heterocycles. The molecule has 0 bridgehead atoms. The topological polar surface area (TPSA) is 0 Å². The van der Waals surface area contributed by atoms with E-state index in [1.807, 2.05) is 0 Å². The molecule has 28 valence electrons. The van der Waals surface area contributed by atoms with Crippen molar-refractivity contribution in [3.63, 3.8) is 0 Å². The zero-order valence-corrected chi connectivity index (χ0v) is 3.41. The van der Waals surface area contributed by atoms with Gasteiger partial charge in [0, 0.05) is 0 Å². The quantitative estimate of drug-likeness (QED) is 0.309. The van der Waals surface area contributed by atoms with Crippen LogP contribution in [0.1, 0.15) is 0 Å². The van der Waals surface area contributed by atoms with Crippen LogP contribution in [0.25, 0.3) is 0 Å². The first-order valence-electron chi connectivity index (χ1n) is 1.29. The first kappa shape index (κ1) is 3.02. The first-order valence-corrected chi connectivity index (χ1v) is 3.20. The maximum atomic E-state index is 11.2. The van der Waals surface area contributed by atoms with E-state index in [0.717, 1.165) is 11.4 Å². The fourth-order valence-corrected chi connectivity index (χ4v) is 0.567. The summed E-state index contributed by atoms with van der Waals surface area (Å²) in [5.41, 5.74) is 1.99. The molecule has 1 aliphatic heterocycles. The van der Waals surface area contributed by atoms with Crippen LogP contribution in [0.5, 0.6) is 0 Å². The van der Waals surface area contributed by atoms with Gasteiger partial charge in [-0.1, -0.05) is 0 Å². The summed E-state index contributed by atoms with van der Waals surface area (Å²) in [4.78, 5) is 0. The normalized spacial score (nSPS) is 26.8. The highest BCUT2D eigenvalue weighted by atomic mass is 28.4. The highest BCUT2D eigenvalue weighted by Gasteiger charge is 2.39. The minimum absolute atomic E-state index is 0.993. The highest BCUT2D eigenvalue weighted by Crippen LogP contribution is 2.22. The van der Waals surface area contributed by atoms with Gasteiger partial charge in [0.25, 0.3) is 0 Å². The summed E-state index contributed by atoms with van der Waals surface area (Å²) in [5.74, 6) is 0. The van der Waals surface area contributed by atoms with Crippen LogP contribution in [0, 0.1) is 0 Å². The lowest BCUT2D eigenvalue weighted by atomic mass is 11.3. The first-order chi connectivity index (χ1) is 2.21. The van der Waals surface area contributed by atoms with Gasteiger partial charge in [0.2, 0.25) is 0 Å². The Kier molecular flexibility index (Phi) is 0.300. The monoisotopic (exact) mass is 92.0 g/mol. The van der Waals surface area contributed by atoms with Crippen molar-refractivity contribution in [1.29, 1.82) is 0 Å². The van der Waals surface area contributed by atoms with Crippen molar-refractivity contribution in [3.05, 3.63) is 11.4 Å². The molecule has 0 radical (unpaired) electrons. The van der Waals surface area contributed by atoms with Gasteiger partial charge in [-0.05, 0) is 11.4 Å². The molecule has 0 atom stereocenters. The van der Waals surface area contributed by atoms with Crippen LogP contribution >= 0.6 is 0 Å². The Morgan fingerprint density at radius 1 is 1.20 bits per heavy atom. The summed E-state index contributed by atoms with van der Waals surface area (Å²) in [6, 6.07) is 0. The van der Waals surface area contributed by atoms with Crippen molar-refractivity contribution < 1.29 is 8.22 Å². The molecule has 0 fully saturated rings. The molecule has 3 heteroatoms. The van der Waals surface area contributed by atoms with Crippen molar-refractivity contribution in [2.24, 2.45) is 0 Å². The Morgan fingerprint density at radius 2 is 1.40 bits per heavy atom. The zero-order valence-electron chi connectivity index (χ0n) is 2.41. The van der Waals surface area contributed by atoms with Gasteiger partial charge >= 0.3 is 8.74 Å². The Bertz CT molecular complexity index is 67.7. The molecule has 0 unspecified atom stereocenters. The van der Waals surface area contributed by atoms with Crippen LogP contribution in [-0.2, 0) is 0 Å². The highest BCUT2D eigenvalue weighted by molar-refractivity contribution is 6.86. The maximum Gasteiger partial charge on any atom is 0.472 e. The second kappa shape index (κ2) is 0.496. The molecule has 0 saturated heterocycles. The average Bonchev–Trinajstić information content (AvgIpc) is 1.76. The molecule has 0 aromatic rings. The minimum Gasteiger partial charge on any atom is -0.261 e. The Morgan fingerprint density at radius 3 is 1.40 bits per heavy atom. The molecule has 0 spiro atoms. The van der Waals surface area contributed by atoms with Gasteiger partial charge in [0.1, 0.15) is 0 Å². The Hall–Kier alpha value is -0.183. The van der Waals surface area contributed by atoms with E-state index in [1.54, 1.807) is 0 Å². The van der Waals surface area contributed by atoms with Crippen LogP contribution in [0.3, 0.4) is 0 Å². The lowest BCUT2D eigenvalue weighted by molar-refractivity contribution is 0.667. The SMILES string of the molecule is F[Si]1(F)C=C1. The standard InChI is InChI=1S/C2H2F2Si/c3-5(4)1-2-5/h1-2H. The molecule has 1 rings (SSSR count). The van der Waals surface area contributed by atoms with E-state index in [2.05, 4.69) is 0 Å². The van der Waals surface area contributed by atoms with E-state index in [-0.39, 0.29) is 0 Å². The predicted octanol–water partition coefficient (Wildman–Crippen LogP) is 1.02.